The van der Waals surface area contributed by atoms with E-state index in [1.54, 1.807) is 36.4 Å². The van der Waals surface area contributed by atoms with E-state index in [4.69, 9.17) is 33.7 Å². The predicted octanol–water partition coefficient (Wildman–Crippen LogP) is 3.18. The normalized spacial score (nSPS) is 9.96. The van der Waals surface area contributed by atoms with Gasteiger partial charge in [0.1, 0.15) is 6.61 Å². The zero-order valence-corrected chi connectivity index (χ0v) is 14.6. The second-order valence-electron chi connectivity index (χ2n) is 4.88. The van der Waals surface area contributed by atoms with Crippen LogP contribution in [0.15, 0.2) is 48.5 Å². The number of nitrogens with one attached hydrogen (secondary N) is 2. The Morgan fingerprint density at radius 1 is 1.12 bits per heavy atom. The quantitative estimate of drug-likeness (QED) is 0.528. The first-order valence-electron chi connectivity index (χ1n) is 7.27. The highest BCUT2D eigenvalue weighted by molar-refractivity contribution is 7.80. The van der Waals surface area contributed by atoms with E-state index in [2.05, 4.69) is 10.6 Å². The molecule has 130 valence electrons. The standard InChI is InChI=1S/C17H15ClN2O4S/c18-11-4-3-5-12(10-11)20-17(25)24-9-8-19-15(21)13-6-1-2-7-14(13)16(22)23/h1-7,10H,8-9H2,(H,19,21)(H,20,25)(H,22,23). The highest BCUT2D eigenvalue weighted by Gasteiger charge is 2.15. The van der Waals surface area contributed by atoms with Crippen LogP contribution in [-0.4, -0.2) is 35.3 Å². The second-order valence-corrected chi connectivity index (χ2v) is 5.69. The van der Waals surface area contributed by atoms with E-state index >= 15 is 0 Å². The molecular formula is C17H15ClN2O4S. The minimum absolute atomic E-state index is 0.0564. The van der Waals surface area contributed by atoms with Gasteiger partial charge >= 0.3 is 5.97 Å². The van der Waals surface area contributed by atoms with Crippen molar-refractivity contribution in [3.8, 4) is 0 Å². The molecule has 0 spiro atoms. The molecule has 0 fully saturated rings. The molecule has 0 saturated carbocycles. The molecule has 1 amide bonds. The number of carbonyl (C=O) groups excluding carboxylic acids is 1. The maximum atomic E-state index is 12.0. The Morgan fingerprint density at radius 3 is 2.52 bits per heavy atom. The van der Waals surface area contributed by atoms with Crippen LogP contribution in [0.4, 0.5) is 5.69 Å². The van der Waals surface area contributed by atoms with Crippen molar-refractivity contribution in [1.29, 1.82) is 0 Å². The van der Waals surface area contributed by atoms with Crippen LogP contribution < -0.4 is 10.6 Å². The Kier molecular flexibility index (Phi) is 6.73. The van der Waals surface area contributed by atoms with Crippen molar-refractivity contribution in [2.75, 3.05) is 18.5 Å². The number of amides is 1. The van der Waals surface area contributed by atoms with Crippen molar-refractivity contribution in [1.82, 2.24) is 5.32 Å². The van der Waals surface area contributed by atoms with Crippen molar-refractivity contribution < 1.29 is 19.4 Å². The van der Waals surface area contributed by atoms with E-state index in [0.717, 1.165) is 0 Å². The number of halogens is 1. The van der Waals surface area contributed by atoms with E-state index in [-0.39, 0.29) is 29.5 Å². The lowest BCUT2D eigenvalue weighted by Crippen LogP contribution is -2.30. The van der Waals surface area contributed by atoms with Crippen LogP contribution in [0, 0.1) is 0 Å². The van der Waals surface area contributed by atoms with Crippen LogP contribution >= 0.6 is 23.8 Å². The number of hydrogen-bond donors (Lipinski definition) is 3. The molecule has 2 aromatic carbocycles. The number of anilines is 1. The number of rotatable bonds is 6. The Balaban J connectivity index is 1.78. The number of ether oxygens (including phenoxy) is 1. The highest BCUT2D eigenvalue weighted by atomic mass is 35.5. The fraction of sp³-hybridized carbons (Fsp3) is 0.118. The van der Waals surface area contributed by atoms with Gasteiger partial charge in [-0.2, -0.15) is 0 Å². The number of carboxylic acid groups (broad SMARTS) is 1. The van der Waals surface area contributed by atoms with Gasteiger partial charge in [0.2, 0.25) is 0 Å². The molecule has 2 rings (SSSR count). The van der Waals surface area contributed by atoms with Gasteiger partial charge in [-0.15, -0.1) is 0 Å². The second kappa shape index (κ2) is 9.00. The van der Waals surface area contributed by atoms with Gasteiger partial charge in [0.25, 0.3) is 11.1 Å². The minimum Gasteiger partial charge on any atom is -0.478 e. The van der Waals surface area contributed by atoms with Crippen molar-refractivity contribution in [3.05, 3.63) is 64.7 Å². The molecule has 0 bridgehead atoms. The number of thiocarbonyl (C=S) groups is 1. The Labute approximate surface area is 154 Å². The van der Waals surface area contributed by atoms with Crippen molar-refractivity contribution >= 4 is 46.6 Å². The lowest BCUT2D eigenvalue weighted by atomic mass is 10.1. The van der Waals surface area contributed by atoms with Gasteiger partial charge in [-0.25, -0.2) is 4.79 Å². The molecule has 0 aliphatic rings. The van der Waals surface area contributed by atoms with E-state index < -0.39 is 11.9 Å². The molecule has 25 heavy (non-hydrogen) atoms. The summed E-state index contributed by atoms with van der Waals surface area (Å²) >= 11 is 10.9. The fourth-order valence-corrected chi connectivity index (χ4v) is 2.38. The van der Waals surface area contributed by atoms with Gasteiger partial charge in [-0.1, -0.05) is 29.8 Å². The van der Waals surface area contributed by atoms with E-state index in [9.17, 15) is 9.59 Å². The molecule has 0 atom stereocenters. The van der Waals surface area contributed by atoms with Crippen LogP contribution in [0.3, 0.4) is 0 Å². The summed E-state index contributed by atoms with van der Waals surface area (Å²) in [5, 5.41) is 15.2. The molecule has 8 heteroatoms. The van der Waals surface area contributed by atoms with Gasteiger partial charge < -0.3 is 20.5 Å². The molecular weight excluding hydrogens is 364 g/mol. The monoisotopic (exact) mass is 378 g/mol. The van der Waals surface area contributed by atoms with Crippen LogP contribution in [0.1, 0.15) is 20.7 Å². The molecule has 0 radical (unpaired) electrons. The summed E-state index contributed by atoms with van der Waals surface area (Å²) in [6.07, 6.45) is 0. The largest absolute Gasteiger partial charge is 0.478 e. The van der Waals surface area contributed by atoms with Crippen LogP contribution in [0.5, 0.6) is 0 Å². The maximum absolute atomic E-state index is 12.0. The number of carboxylic acids is 1. The molecule has 0 aliphatic heterocycles. The van der Waals surface area contributed by atoms with Gasteiger partial charge in [-0.05, 0) is 42.5 Å². The third-order valence-electron chi connectivity index (χ3n) is 3.09. The first-order chi connectivity index (χ1) is 12.0. The van der Waals surface area contributed by atoms with E-state index in [1.807, 2.05) is 0 Å². The lowest BCUT2D eigenvalue weighted by Gasteiger charge is -2.11. The zero-order valence-electron chi connectivity index (χ0n) is 13.0. The smallest absolute Gasteiger partial charge is 0.336 e. The first kappa shape index (κ1) is 18.7. The summed E-state index contributed by atoms with van der Waals surface area (Å²) in [5.74, 6) is -1.65. The topological polar surface area (TPSA) is 87.7 Å². The minimum atomic E-state index is -1.16. The first-order valence-corrected chi connectivity index (χ1v) is 8.06. The molecule has 0 saturated heterocycles. The Hall–Kier alpha value is -2.64. The van der Waals surface area contributed by atoms with Gasteiger partial charge in [-0.3, -0.25) is 4.79 Å². The molecule has 0 aromatic heterocycles. The third kappa shape index (κ3) is 5.74. The van der Waals surface area contributed by atoms with Crippen LogP contribution in [0.2, 0.25) is 5.02 Å². The zero-order chi connectivity index (χ0) is 18.2. The Bertz CT molecular complexity index is 798. The van der Waals surface area contributed by atoms with Crippen molar-refractivity contribution in [2.24, 2.45) is 0 Å². The molecule has 0 heterocycles. The van der Waals surface area contributed by atoms with Gasteiger partial charge in [0.05, 0.1) is 17.7 Å². The SMILES string of the molecule is O=C(O)c1ccccc1C(=O)NCCOC(=S)Nc1cccc(Cl)c1. The molecule has 2 aromatic rings. The van der Waals surface area contributed by atoms with E-state index in [0.29, 0.717) is 10.7 Å². The number of benzene rings is 2. The summed E-state index contributed by atoms with van der Waals surface area (Å²) in [6.45, 7) is 0.303. The molecule has 3 N–H and O–H groups in total. The maximum Gasteiger partial charge on any atom is 0.336 e. The molecule has 0 unspecified atom stereocenters. The summed E-state index contributed by atoms with van der Waals surface area (Å²) in [5.41, 5.74) is 0.727. The number of hydrogen-bond acceptors (Lipinski definition) is 4. The van der Waals surface area contributed by atoms with Gasteiger partial charge in [0.15, 0.2) is 0 Å². The van der Waals surface area contributed by atoms with Crippen molar-refractivity contribution in [3.63, 3.8) is 0 Å². The number of carbonyl (C=O) groups is 2. The van der Waals surface area contributed by atoms with Gasteiger partial charge in [0, 0.05) is 10.7 Å². The molecule has 6 nitrogen and oxygen atoms in total. The summed E-state index contributed by atoms with van der Waals surface area (Å²) in [4.78, 5) is 23.2. The lowest BCUT2D eigenvalue weighted by molar-refractivity contribution is 0.0691. The van der Waals surface area contributed by atoms with E-state index in [1.165, 1.54) is 12.1 Å². The predicted molar refractivity (Wildman–Crippen MR) is 99.4 cm³/mol. The summed E-state index contributed by atoms with van der Waals surface area (Å²) < 4.78 is 5.30. The number of aromatic carboxylic acids is 1. The highest BCUT2D eigenvalue weighted by Crippen LogP contribution is 2.15. The average Bonchev–Trinajstić information content (AvgIpc) is 2.58. The molecule has 0 aliphatic carbocycles. The summed E-state index contributed by atoms with van der Waals surface area (Å²) in [6, 6.07) is 13.0. The third-order valence-corrected chi connectivity index (χ3v) is 3.55. The van der Waals surface area contributed by atoms with Crippen LogP contribution in [-0.2, 0) is 4.74 Å². The summed E-state index contributed by atoms with van der Waals surface area (Å²) in [7, 11) is 0. The van der Waals surface area contributed by atoms with Crippen LogP contribution in [0.25, 0.3) is 0 Å². The average molecular weight is 379 g/mol. The van der Waals surface area contributed by atoms with Crippen molar-refractivity contribution in [2.45, 2.75) is 0 Å². The fourth-order valence-electron chi connectivity index (χ4n) is 1.99. The Morgan fingerprint density at radius 2 is 1.84 bits per heavy atom.